The molecule has 0 bridgehead atoms. The number of carbonyl (C=O) groups excluding carboxylic acids is 2. The summed E-state index contributed by atoms with van der Waals surface area (Å²) in [5.41, 5.74) is 1.15. The highest BCUT2D eigenvalue weighted by Crippen LogP contribution is 2.16. The smallest absolute Gasteiger partial charge is 0.251 e. The monoisotopic (exact) mass is 254 g/mol. The van der Waals surface area contributed by atoms with Gasteiger partial charge in [-0.05, 0) is 25.1 Å². The van der Waals surface area contributed by atoms with Gasteiger partial charge in [0.15, 0.2) is 0 Å². The minimum atomic E-state index is -0.594. The highest BCUT2D eigenvalue weighted by atomic mass is 35.5. The molecular weight excluding hydrogens is 240 g/mol. The second kappa shape index (κ2) is 5.68. The van der Waals surface area contributed by atoms with Crippen molar-refractivity contribution >= 4 is 29.1 Å². The van der Waals surface area contributed by atoms with Crippen LogP contribution in [0.25, 0.3) is 0 Å². The predicted octanol–water partition coefficient (Wildman–Crippen LogP) is 1.64. The number of hydrogen-bond donors (Lipinski definition) is 1. The Labute approximate surface area is 106 Å². The molecule has 92 valence electrons. The molecule has 17 heavy (non-hydrogen) atoms. The second-order valence-electron chi connectivity index (χ2n) is 3.64. The fraction of sp³-hybridized carbons (Fsp3) is 0.333. The molecular formula is C12H15ClN2O2. The van der Waals surface area contributed by atoms with E-state index in [9.17, 15) is 9.59 Å². The molecule has 0 aliphatic rings. The van der Waals surface area contributed by atoms with Crippen molar-refractivity contribution in [3.05, 3.63) is 29.8 Å². The van der Waals surface area contributed by atoms with Crippen LogP contribution in [0.2, 0.25) is 0 Å². The van der Waals surface area contributed by atoms with Gasteiger partial charge in [-0.3, -0.25) is 9.59 Å². The van der Waals surface area contributed by atoms with Gasteiger partial charge >= 0.3 is 0 Å². The average Bonchev–Trinajstić information content (AvgIpc) is 2.36. The summed E-state index contributed by atoms with van der Waals surface area (Å²) >= 11 is 5.73. The van der Waals surface area contributed by atoms with Gasteiger partial charge in [-0.25, -0.2) is 0 Å². The number of amides is 2. The van der Waals surface area contributed by atoms with Crippen molar-refractivity contribution < 1.29 is 9.59 Å². The molecule has 5 heteroatoms. The number of halogens is 1. The van der Waals surface area contributed by atoms with Crippen molar-refractivity contribution in [1.29, 1.82) is 0 Å². The van der Waals surface area contributed by atoms with E-state index in [-0.39, 0.29) is 11.8 Å². The minimum Gasteiger partial charge on any atom is -0.355 e. The molecule has 0 fully saturated rings. The molecule has 0 heterocycles. The Kier molecular flexibility index (Phi) is 4.52. The number of nitrogens with zero attached hydrogens (tertiary/aromatic N) is 1. The lowest BCUT2D eigenvalue weighted by atomic mass is 10.1. The number of rotatable bonds is 3. The Morgan fingerprint density at radius 2 is 2.06 bits per heavy atom. The Morgan fingerprint density at radius 1 is 1.41 bits per heavy atom. The topological polar surface area (TPSA) is 49.4 Å². The Hall–Kier alpha value is -1.55. The predicted molar refractivity (Wildman–Crippen MR) is 68.6 cm³/mol. The first-order chi connectivity index (χ1) is 7.97. The molecule has 0 radical (unpaired) electrons. The van der Waals surface area contributed by atoms with E-state index in [1.807, 2.05) is 0 Å². The summed E-state index contributed by atoms with van der Waals surface area (Å²) in [7, 11) is 3.19. The van der Waals surface area contributed by atoms with Crippen LogP contribution < -0.4 is 10.2 Å². The van der Waals surface area contributed by atoms with Crippen molar-refractivity contribution in [3.63, 3.8) is 0 Å². The van der Waals surface area contributed by atoms with E-state index >= 15 is 0 Å². The molecule has 0 aliphatic heterocycles. The Bertz CT molecular complexity index is 432. The molecule has 0 aliphatic carbocycles. The summed E-state index contributed by atoms with van der Waals surface area (Å²) in [5.74, 6) is -0.396. The average molecular weight is 255 g/mol. The summed E-state index contributed by atoms with van der Waals surface area (Å²) < 4.78 is 0. The number of anilines is 1. The van der Waals surface area contributed by atoms with E-state index in [0.29, 0.717) is 11.3 Å². The highest BCUT2D eigenvalue weighted by Gasteiger charge is 2.17. The molecule has 0 spiro atoms. The van der Waals surface area contributed by atoms with Crippen LogP contribution in [0.5, 0.6) is 0 Å². The Morgan fingerprint density at radius 3 is 2.59 bits per heavy atom. The molecule has 0 saturated heterocycles. The lowest BCUT2D eigenvalue weighted by Gasteiger charge is -2.19. The van der Waals surface area contributed by atoms with Gasteiger partial charge in [-0.2, -0.15) is 0 Å². The lowest BCUT2D eigenvalue weighted by Crippen LogP contribution is -2.32. The van der Waals surface area contributed by atoms with Gasteiger partial charge in [0.2, 0.25) is 5.91 Å². The van der Waals surface area contributed by atoms with E-state index < -0.39 is 5.38 Å². The second-order valence-corrected chi connectivity index (χ2v) is 4.30. The van der Waals surface area contributed by atoms with E-state index in [1.165, 1.54) is 4.90 Å². The van der Waals surface area contributed by atoms with Gasteiger partial charge in [-0.15, -0.1) is 11.6 Å². The van der Waals surface area contributed by atoms with Crippen LogP contribution in [-0.2, 0) is 4.79 Å². The van der Waals surface area contributed by atoms with Crippen molar-refractivity contribution in [3.8, 4) is 0 Å². The third-order valence-electron chi connectivity index (χ3n) is 2.39. The van der Waals surface area contributed by atoms with E-state index in [2.05, 4.69) is 5.32 Å². The van der Waals surface area contributed by atoms with Gasteiger partial charge in [0.1, 0.15) is 5.38 Å². The maximum absolute atomic E-state index is 11.7. The zero-order chi connectivity index (χ0) is 13.0. The lowest BCUT2D eigenvalue weighted by molar-refractivity contribution is -0.117. The fourth-order valence-electron chi connectivity index (χ4n) is 1.39. The zero-order valence-corrected chi connectivity index (χ0v) is 10.8. The first-order valence-corrected chi connectivity index (χ1v) is 5.64. The maximum atomic E-state index is 11.7. The summed E-state index contributed by atoms with van der Waals surface area (Å²) in [4.78, 5) is 24.6. The van der Waals surface area contributed by atoms with Crippen molar-refractivity contribution in [2.75, 3.05) is 19.0 Å². The van der Waals surface area contributed by atoms with Crippen molar-refractivity contribution in [1.82, 2.24) is 5.32 Å². The van der Waals surface area contributed by atoms with E-state index in [0.717, 1.165) is 0 Å². The van der Waals surface area contributed by atoms with Gasteiger partial charge in [-0.1, -0.05) is 6.07 Å². The van der Waals surface area contributed by atoms with Gasteiger partial charge in [0, 0.05) is 25.3 Å². The molecule has 1 aromatic rings. The van der Waals surface area contributed by atoms with Crippen LogP contribution in [-0.4, -0.2) is 31.3 Å². The van der Waals surface area contributed by atoms with Crippen LogP contribution in [0, 0.1) is 0 Å². The number of carbonyl (C=O) groups is 2. The molecule has 0 saturated carbocycles. The third-order valence-corrected chi connectivity index (χ3v) is 2.58. The van der Waals surface area contributed by atoms with Gasteiger partial charge in [0.25, 0.3) is 5.91 Å². The largest absolute Gasteiger partial charge is 0.355 e. The first kappa shape index (κ1) is 13.5. The van der Waals surface area contributed by atoms with Gasteiger partial charge < -0.3 is 10.2 Å². The summed E-state index contributed by atoms with van der Waals surface area (Å²) in [5, 5.41) is 1.94. The molecule has 0 aromatic heterocycles. The normalized spacial score (nSPS) is 11.8. The summed E-state index contributed by atoms with van der Waals surface area (Å²) in [6.45, 7) is 1.61. The fourth-order valence-corrected chi connectivity index (χ4v) is 1.54. The zero-order valence-electron chi connectivity index (χ0n) is 10.0. The quantitative estimate of drug-likeness (QED) is 0.834. The summed E-state index contributed by atoms with van der Waals surface area (Å²) in [6, 6.07) is 6.81. The van der Waals surface area contributed by atoms with Crippen LogP contribution in [0.4, 0.5) is 5.69 Å². The minimum absolute atomic E-state index is 0.188. The number of benzene rings is 1. The molecule has 1 atom stereocenters. The molecule has 2 amide bonds. The molecule has 4 nitrogen and oxygen atoms in total. The maximum Gasteiger partial charge on any atom is 0.251 e. The molecule has 1 N–H and O–H groups in total. The third kappa shape index (κ3) is 3.20. The first-order valence-electron chi connectivity index (χ1n) is 5.21. The van der Waals surface area contributed by atoms with Crippen LogP contribution in [0.1, 0.15) is 17.3 Å². The van der Waals surface area contributed by atoms with Crippen LogP contribution >= 0.6 is 11.6 Å². The van der Waals surface area contributed by atoms with Crippen molar-refractivity contribution in [2.45, 2.75) is 12.3 Å². The highest BCUT2D eigenvalue weighted by molar-refractivity contribution is 6.32. The number of nitrogens with one attached hydrogen (secondary N) is 1. The molecule has 1 unspecified atom stereocenters. The number of alkyl halides is 1. The van der Waals surface area contributed by atoms with E-state index in [4.69, 9.17) is 11.6 Å². The standard InChI is InChI=1S/C12H15ClN2O2/c1-8(13)12(17)15(3)10-6-4-5-9(7-10)11(16)14-2/h4-8H,1-3H3,(H,14,16). The van der Waals surface area contributed by atoms with Crippen LogP contribution in [0.3, 0.4) is 0 Å². The summed E-state index contributed by atoms with van der Waals surface area (Å²) in [6.07, 6.45) is 0. The Balaban J connectivity index is 2.99. The number of hydrogen-bond acceptors (Lipinski definition) is 2. The van der Waals surface area contributed by atoms with Crippen LogP contribution in [0.15, 0.2) is 24.3 Å². The van der Waals surface area contributed by atoms with E-state index in [1.54, 1.807) is 45.3 Å². The molecule has 1 rings (SSSR count). The molecule has 1 aromatic carbocycles. The SMILES string of the molecule is CNC(=O)c1cccc(N(C)C(=O)C(C)Cl)c1. The van der Waals surface area contributed by atoms with Gasteiger partial charge in [0.05, 0.1) is 0 Å². The van der Waals surface area contributed by atoms with Crippen molar-refractivity contribution in [2.24, 2.45) is 0 Å².